The summed E-state index contributed by atoms with van der Waals surface area (Å²) in [5.41, 5.74) is 0. The maximum atomic E-state index is 2.42. The van der Waals surface area contributed by atoms with Gasteiger partial charge in [-0.15, -0.1) is 0 Å². The van der Waals surface area contributed by atoms with Crippen molar-refractivity contribution in [3.63, 3.8) is 0 Å². The molecule has 1 nitrogen and oxygen atoms in total. The Morgan fingerprint density at radius 2 is 1.43 bits per heavy atom. The number of hydrogen-bond acceptors (Lipinski definition) is 0. The third-order valence-corrected chi connectivity index (χ3v) is 2.98. The van der Waals surface area contributed by atoms with Crippen LogP contribution in [0.5, 0.6) is 0 Å². The zero-order chi connectivity index (χ0) is 10.3. The Morgan fingerprint density at radius 3 is 1.71 bits per heavy atom. The third kappa shape index (κ3) is 7.04. The van der Waals surface area contributed by atoms with Crippen molar-refractivity contribution < 1.29 is 28.5 Å². The minimum atomic E-state index is 0. The molecule has 0 aromatic heterocycles. The van der Waals surface area contributed by atoms with E-state index in [1.54, 1.807) is 0 Å². The Bertz CT molecular complexity index is 119. The number of quaternary nitrogens is 1. The Morgan fingerprint density at radius 1 is 1.00 bits per heavy atom. The van der Waals surface area contributed by atoms with Crippen LogP contribution < -0.4 is 24.0 Å². The van der Waals surface area contributed by atoms with Crippen molar-refractivity contribution in [1.82, 2.24) is 0 Å². The summed E-state index contributed by atoms with van der Waals surface area (Å²) in [4.78, 5) is 0. The van der Waals surface area contributed by atoms with Crippen LogP contribution in [0, 0.1) is 5.92 Å². The SMILES string of the molecule is CCC[N+](C)(CCC)C[C@@H](C)CC.[I-]. The largest absolute Gasteiger partial charge is 1.00 e. The van der Waals surface area contributed by atoms with E-state index in [4.69, 9.17) is 0 Å². The summed E-state index contributed by atoms with van der Waals surface area (Å²) in [5, 5.41) is 0. The first-order chi connectivity index (χ1) is 6.08. The molecule has 0 unspecified atom stereocenters. The van der Waals surface area contributed by atoms with Gasteiger partial charge in [0.05, 0.1) is 26.7 Å². The standard InChI is InChI=1S/C12H28N.HI/c1-6-9-13(5,10-7-2)11-12(4)8-3;/h12H,6-11H2,1-5H3;1H/q+1;/p-1/t12-;/m0./s1. The molecule has 0 bridgehead atoms. The first-order valence-electron chi connectivity index (χ1n) is 5.91. The normalized spacial score (nSPS) is 13.5. The van der Waals surface area contributed by atoms with Gasteiger partial charge in [0.25, 0.3) is 0 Å². The molecule has 0 heterocycles. The molecule has 0 radical (unpaired) electrons. The van der Waals surface area contributed by atoms with Gasteiger partial charge in [0.15, 0.2) is 0 Å². The van der Waals surface area contributed by atoms with Crippen molar-refractivity contribution in [3.8, 4) is 0 Å². The van der Waals surface area contributed by atoms with E-state index in [9.17, 15) is 0 Å². The van der Waals surface area contributed by atoms with Gasteiger partial charge in [-0.2, -0.15) is 0 Å². The fraction of sp³-hybridized carbons (Fsp3) is 1.00. The first kappa shape index (κ1) is 17.1. The molecule has 2 heteroatoms. The van der Waals surface area contributed by atoms with Crippen LogP contribution in [-0.2, 0) is 0 Å². The van der Waals surface area contributed by atoms with Crippen LogP contribution in [-0.4, -0.2) is 31.2 Å². The molecular weight excluding hydrogens is 285 g/mol. The lowest BCUT2D eigenvalue weighted by Gasteiger charge is -2.36. The van der Waals surface area contributed by atoms with Gasteiger partial charge in [0.2, 0.25) is 0 Å². The second-order valence-electron chi connectivity index (χ2n) is 4.76. The van der Waals surface area contributed by atoms with Crippen LogP contribution in [0.1, 0.15) is 47.0 Å². The second kappa shape index (κ2) is 8.96. The summed E-state index contributed by atoms with van der Waals surface area (Å²) in [6, 6.07) is 0. The van der Waals surface area contributed by atoms with Gasteiger partial charge in [0.1, 0.15) is 0 Å². The molecule has 1 atom stereocenters. The fourth-order valence-electron chi connectivity index (χ4n) is 2.26. The van der Waals surface area contributed by atoms with Crippen LogP contribution >= 0.6 is 0 Å². The second-order valence-corrected chi connectivity index (χ2v) is 4.76. The molecule has 0 aromatic carbocycles. The van der Waals surface area contributed by atoms with E-state index in [0.29, 0.717) is 0 Å². The summed E-state index contributed by atoms with van der Waals surface area (Å²) in [5.74, 6) is 0.878. The molecule has 0 fully saturated rings. The summed E-state index contributed by atoms with van der Waals surface area (Å²) in [7, 11) is 2.42. The lowest BCUT2D eigenvalue weighted by Crippen LogP contribution is -3.00. The van der Waals surface area contributed by atoms with Crippen LogP contribution in [0.3, 0.4) is 0 Å². The van der Waals surface area contributed by atoms with Gasteiger partial charge >= 0.3 is 0 Å². The monoisotopic (exact) mass is 313 g/mol. The van der Waals surface area contributed by atoms with Crippen LogP contribution in [0.15, 0.2) is 0 Å². The van der Waals surface area contributed by atoms with Crippen molar-refractivity contribution in [2.24, 2.45) is 5.92 Å². The summed E-state index contributed by atoms with van der Waals surface area (Å²) in [6.07, 6.45) is 3.95. The molecule has 0 saturated heterocycles. The zero-order valence-electron chi connectivity index (χ0n) is 10.6. The molecule has 0 spiro atoms. The van der Waals surface area contributed by atoms with E-state index in [2.05, 4.69) is 34.7 Å². The van der Waals surface area contributed by atoms with E-state index >= 15 is 0 Å². The molecule has 0 N–H and O–H groups in total. The molecular formula is C12H28IN. The highest BCUT2D eigenvalue weighted by Gasteiger charge is 2.21. The van der Waals surface area contributed by atoms with E-state index in [-0.39, 0.29) is 24.0 Å². The van der Waals surface area contributed by atoms with E-state index in [1.807, 2.05) is 0 Å². The molecule has 88 valence electrons. The lowest BCUT2D eigenvalue weighted by molar-refractivity contribution is -0.912. The van der Waals surface area contributed by atoms with Crippen LogP contribution in [0.25, 0.3) is 0 Å². The molecule has 0 aliphatic heterocycles. The van der Waals surface area contributed by atoms with Crippen molar-refractivity contribution >= 4 is 0 Å². The van der Waals surface area contributed by atoms with E-state index < -0.39 is 0 Å². The van der Waals surface area contributed by atoms with Crippen LogP contribution in [0.2, 0.25) is 0 Å². The Balaban J connectivity index is 0. The minimum Gasteiger partial charge on any atom is -1.00 e. The van der Waals surface area contributed by atoms with Gasteiger partial charge in [0, 0.05) is 5.92 Å². The van der Waals surface area contributed by atoms with E-state index in [0.717, 1.165) is 5.92 Å². The minimum absolute atomic E-state index is 0. The first-order valence-corrected chi connectivity index (χ1v) is 5.91. The quantitative estimate of drug-likeness (QED) is 0.469. The number of nitrogens with zero attached hydrogens (tertiary/aromatic N) is 1. The number of halogens is 1. The molecule has 0 saturated carbocycles. The maximum Gasteiger partial charge on any atom is 0.0810 e. The highest BCUT2D eigenvalue weighted by molar-refractivity contribution is 4.49. The lowest BCUT2D eigenvalue weighted by atomic mass is 10.1. The maximum absolute atomic E-state index is 2.42. The Kier molecular flexibility index (Phi) is 10.9. The Labute approximate surface area is 108 Å². The van der Waals surface area contributed by atoms with Gasteiger partial charge in [-0.25, -0.2) is 0 Å². The number of hydrogen-bond donors (Lipinski definition) is 0. The van der Waals surface area contributed by atoms with Gasteiger partial charge in [-0.3, -0.25) is 0 Å². The fourth-order valence-corrected chi connectivity index (χ4v) is 2.26. The predicted octanol–water partition coefficient (Wildman–Crippen LogP) is 0.303. The van der Waals surface area contributed by atoms with Crippen molar-refractivity contribution in [3.05, 3.63) is 0 Å². The summed E-state index contributed by atoms with van der Waals surface area (Å²) >= 11 is 0. The summed E-state index contributed by atoms with van der Waals surface area (Å²) in [6.45, 7) is 13.3. The average molecular weight is 313 g/mol. The van der Waals surface area contributed by atoms with Crippen molar-refractivity contribution in [2.75, 3.05) is 26.7 Å². The Hall–Kier alpha value is 0.690. The van der Waals surface area contributed by atoms with Crippen LogP contribution in [0.4, 0.5) is 0 Å². The molecule has 0 aliphatic carbocycles. The molecule has 0 rings (SSSR count). The van der Waals surface area contributed by atoms with Crippen molar-refractivity contribution in [2.45, 2.75) is 47.0 Å². The highest BCUT2D eigenvalue weighted by Crippen LogP contribution is 2.12. The molecule has 0 aliphatic rings. The van der Waals surface area contributed by atoms with E-state index in [1.165, 1.54) is 43.4 Å². The van der Waals surface area contributed by atoms with Gasteiger partial charge in [-0.05, 0) is 19.3 Å². The van der Waals surface area contributed by atoms with Gasteiger partial charge < -0.3 is 28.5 Å². The smallest absolute Gasteiger partial charge is 0.0810 e. The molecule has 14 heavy (non-hydrogen) atoms. The highest BCUT2D eigenvalue weighted by atomic mass is 127. The predicted molar refractivity (Wildman–Crippen MR) is 60.8 cm³/mol. The summed E-state index contributed by atoms with van der Waals surface area (Å²) < 4.78 is 1.28. The number of rotatable bonds is 7. The molecule has 0 amide bonds. The van der Waals surface area contributed by atoms with Gasteiger partial charge in [-0.1, -0.05) is 27.7 Å². The zero-order valence-corrected chi connectivity index (χ0v) is 12.8. The average Bonchev–Trinajstić information content (AvgIpc) is 2.04. The van der Waals surface area contributed by atoms with Crippen molar-refractivity contribution in [1.29, 1.82) is 0 Å². The molecule has 0 aromatic rings. The third-order valence-electron chi connectivity index (χ3n) is 2.98. The topological polar surface area (TPSA) is 0 Å².